The molecule has 1 atom stereocenters. The molecule has 8 heteroatoms. The van der Waals surface area contributed by atoms with Gasteiger partial charge in [0.15, 0.2) is 0 Å². The van der Waals surface area contributed by atoms with Gasteiger partial charge in [-0.25, -0.2) is 4.79 Å². The highest BCUT2D eigenvalue weighted by Crippen LogP contribution is 2.21. The maximum absolute atomic E-state index is 11.8. The van der Waals surface area contributed by atoms with Crippen LogP contribution in [0.2, 0.25) is 5.02 Å². The number of halogens is 1. The van der Waals surface area contributed by atoms with Crippen molar-refractivity contribution in [1.29, 1.82) is 0 Å². The molecule has 0 spiro atoms. The predicted octanol–water partition coefficient (Wildman–Crippen LogP) is 0.104. The standard InChI is InChI=1S/C11H11ClN2O5/c12-7-2-1-5(15)3-6(7)10(17)14-8(11(18)19)4-9(13)16/h1-3,8,15H,4H2,(H2,13,16)(H,14,17)(H,18,19)/t8-/m1/s1. The fraction of sp³-hybridized carbons (Fsp3) is 0.182. The Morgan fingerprint density at radius 1 is 1.37 bits per heavy atom. The molecule has 102 valence electrons. The number of nitrogens with two attached hydrogens (primary N) is 1. The summed E-state index contributed by atoms with van der Waals surface area (Å²) in [6.07, 6.45) is -0.544. The van der Waals surface area contributed by atoms with E-state index < -0.39 is 30.2 Å². The first-order chi connectivity index (χ1) is 8.81. The number of primary amides is 1. The minimum absolute atomic E-state index is 0.0403. The quantitative estimate of drug-likeness (QED) is 0.610. The molecule has 0 aromatic heterocycles. The number of phenolic OH excluding ortho intramolecular Hbond substituents is 1. The van der Waals surface area contributed by atoms with Crippen molar-refractivity contribution < 1.29 is 24.6 Å². The Kier molecular flexibility index (Phi) is 4.71. The highest BCUT2D eigenvalue weighted by molar-refractivity contribution is 6.34. The number of hydrogen-bond acceptors (Lipinski definition) is 4. The Morgan fingerprint density at radius 2 is 2.00 bits per heavy atom. The largest absolute Gasteiger partial charge is 0.508 e. The summed E-state index contributed by atoms with van der Waals surface area (Å²) in [5.41, 5.74) is 4.78. The normalized spacial score (nSPS) is 11.6. The van der Waals surface area contributed by atoms with Gasteiger partial charge in [0.1, 0.15) is 11.8 Å². The van der Waals surface area contributed by atoms with E-state index in [1.807, 2.05) is 0 Å². The number of rotatable bonds is 5. The third-order valence-electron chi connectivity index (χ3n) is 2.20. The first kappa shape index (κ1) is 14.8. The second-order valence-corrected chi connectivity index (χ2v) is 4.11. The van der Waals surface area contributed by atoms with E-state index in [1.165, 1.54) is 12.1 Å². The number of aliphatic carboxylic acids is 1. The number of carboxylic acid groups (broad SMARTS) is 1. The molecule has 7 nitrogen and oxygen atoms in total. The van der Waals surface area contributed by atoms with Crippen LogP contribution in [-0.2, 0) is 9.59 Å². The van der Waals surface area contributed by atoms with E-state index in [4.69, 9.17) is 22.4 Å². The Balaban J connectivity index is 2.90. The van der Waals surface area contributed by atoms with Gasteiger partial charge in [-0.3, -0.25) is 9.59 Å². The minimum atomic E-state index is -1.46. The van der Waals surface area contributed by atoms with Gasteiger partial charge in [-0.15, -0.1) is 0 Å². The number of carbonyl (C=O) groups excluding carboxylic acids is 2. The van der Waals surface area contributed by atoms with Crippen LogP contribution in [0.3, 0.4) is 0 Å². The van der Waals surface area contributed by atoms with Gasteiger partial charge in [-0.1, -0.05) is 11.6 Å². The van der Waals surface area contributed by atoms with E-state index in [-0.39, 0.29) is 16.3 Å². The SMILES string of the molecule is NC(=O)C[C@@H](NC(=O)c1cc(O)ccc1Cl)C(=O)O. The van der Waals surface area contributed by atoms with Crippen molar-refractivity contribution in [1.82, 2.24) is 5.32 Å². The van der Waals surface area contributed by atoms with Crippen LogP contribution < -0.4 is 11.1 Å². The molecule has 1 rings (SSSR count). The molecule has 0 aliphatic carbocycles. The monoisotopic (exact) mass is 286 g/mol. The molecular weight excluding hydrogens is 276 g/mol. The second kappa shape index (κ2) is 6.05. The maximum atomic E-state index is 11.8. The average molecular weight is 287 g/mol. The molecule has 0 heterocycles. The summed E-state index contributed by atoms with van der Waals surface area (Å²) in [6, 6.07) is 2.19. The van der Waals surface area contributed by atoms with Crippen LogP contribution in [-0.4, -0.2) is 34.0 Å². The molecule has 19 heavy (non-hydrogen) atoms. The third-order valence-corrected chi connectivity index (χ3v) is 2.53. The number of phenols is 1. The van der Waals surface area contributed by atoms with Gasteiger partial charge in [0.05, 0.1) is 17.0 Å². The first-order valence-corrected chi connectivity index (χ1v) is 5.49. The van der Waals surface area contributed by atoms with E-state index in [9.17, 15) is 19.5 Å². The van der Waals surface area contributed by atoms with Gasteiger partial charge >= 0.3 is 5.97 Å². The highest BCUT2D eigenvalue weighted by atomic mass is 35.5. The van der Waals surface area contributed by atoms with E-state index >= 15 is 0 Å². The van der Waals surface area contributed by atoms with Crippen molar-refractivity contribution in [2.75, 3.05) is 0 Å². The lowest BCUT2D eigenvalue weighted by molar-refractivity contribution is -0.140. The Hall–Kier alpha value is -2.28. The molecule has 2 amide bonds. The lowest BCUT2D eigenvalue weighted by Crippen LogP contribution is -2.43. The molecule has 1 aromatic rings. The van der Waals surface area contributed by atoms with E-state index in [0.29, 0.717) is 0 Å². The molecule has 0 saturated heterocycles. The summed E-state index contributed by atoms with van der Waals surface area (Å²) in [6.45, 7) is 0. The van der Waals surface area contributed by atoms with Gasteiger partial charge in [-0.2, -0.15) is 0 Å². The van der Waals surface area contributed by atoms with Crippen molar-refractivity contribution in [3.63, 3.8) is 0 Å². The predicted molar refractivity (Wildman–Crippen MR) is 65.8 cm³/mol. The Labute approximate surface area is 113 Å². The first-order valence-electron chi connectivity index (χ1n) is 5.11. The van der Waals surface area contributed by atoms with Crippen molar-refractivity contribution in [2.24, 2.45) is 5.73 Å². The van der Waals surface area contributed by atoms with Crippen molar-refractivity contribution >= 4 is 29.4 Å². The van der Waals surface area contributed by atoms with Crippen molar-refractivity contribution in [3.05, 3.63) is 28.8 Å². The van der Waals surface area contributed by atoms with Crippen LogP contribution in [0.15, 0.2) is 18.2 Å². The summed E-state index contributed by atoms with van der Waals surface area (Å²) >= 11 is 5.75. The fourth-order valence-corrected chi connectivity index (χ4v) is 1.53. The van der Waals surface area contributed by atoms with Gasteiger partial charge in [0.2, 0.25) is 5.91 Å². The third kappa shape index (κ3) is 4.14. The maximum Gasteiger partial charge on any atom is 0.326 e. The van der Waals surface area contributed by atoms with E-state index in [2.05, 4.69) is 5.32 Å². The fourth-order valence-electron chi connectivity index (χ4n) is 1.32. The zero-order valence-corrected chi connectivity index (χ0v) is 10.3. The van der Waals surface area contributed by atoms with Crippen LogP contribution in [0.5, 0.6) is 5.75 Å². The number of aromatic hydroxyl groups is 1. The van der Waals surface area contributed by atoms with Gasteiger partial charge in [0, 0.05) is 0 Å². The summed E-state index contributed by atoms with van der Waals surface area (Å²) in [4.78, 5) is 33.3. The molecule has 0 unspecified atom stereocenters. The van der Waals surface area contributed by atoms with Crippen LogP contribution >= 0.6 is 11.6 Å². The average Bonchev–Trinajstić information content (AvgIpc) is 2.30. The molecular formula is C11H11ClN2O5. The summed E-state index contributed by atoms with van der Waals surface area (Å²) in [7, 11) is 0. The van der Waals surface area contributed by atoms with Gasteiger partial charge in [-0.05, 0) is 18.2 Å². The lowest BCUT2D eigenvalue weighted by Gasteiger charge is -2.13. The van der Waals surface area contributed by atoms with Crippen LogP contribution in [0.1, 0.15) is 16.8 Å². The van der Waals surface area contributed by atoms with Crippen LogP contribution in [0, 0.1) is 0 Å². The molecule has 0 fully saturated rings. The lowest BCUT2D eigenvalue weighted by atomic mass is 10.1. The summed E-state index contributed by atoms with van der Waals surface area (Å²) in [5.74, 6) is -3.29. The molecule has 1 aromatic carbocycles. The number of amides is 2. The molecule has 5 N–H and O–H groups in total. The number of carboxylic acids is 1. The summed E-state index contributed by atoms with van der Waals surface area (Å²) in [5, 5.41) is 20.2. The topological polar surface area (TPSA) is 130 Å². The molecule has 0 bridgehead atoms. The van der Waals surface area contributed by atoms with Crippen LogP contribution in [0.25, 0.3) is 0 Å². The molecule has 0 aliphatic heterocycles. The van der Waals surface area contributed by atoms with Gasteiger partial charge < -0.3 is 21.3 Å². The number of carbonyl (C=O) groups is 3. The Bertz CT molecular complexity index is 532. The zero-order valence-electron chi connectivity index (χ0n) is 9.59. The van der Waals surface area contributed by atoms with Gasteiger partial charge in [0.25, 0.3) is 5.91 Å². The van der Waals surface area contributed by atoms with E-state index in [1.54, 1.807) is 0 Å². The minimum Gasteiger partial charge on any atom is -0.508 e. The zero-order chi connectivity index (χ0) is 14.6. The van der Waals surface area contributed by atoms with E-state index in [0.717, 1.165) is 6.07 Å². The second-order valence-electron chi connectivity index (χ2n) is 3.70. The molecule has 0 saturated carbocycles. The van der Waals surface area contributed by atoms with Crippen molar-refractivity contribution in [2.45, 2.75) is 12.5 Å². The number of benzene rings is 1. The van der Waals surface area contributed by atoms with Crippen LogP contribution in [0.4, 0.5) is 0 Å². The number of nitrogens with one attached hydrogen (secondary N) is 1. The Morgan fingerprint density at radius 3 is 2.53 bits per heavy atom. The smallest absolute Gasteiger partial charge is 0.326 e. The highest BCUT2D eigenvalue weighted by Gasteiger charge is 2.23. The number of hydrogen-bond donors (Lipinski definition) is 4. The molecule has 0 aliphatic rings. The summed E-state index contributed by atoms with van der Waals surface area (Å²) < 4.78 is 0. The molecule has 0 radical (unpaired) electrons. The van der Waals surface area contributed by atoms with Crippen molar-refractivity contribution in [3.8, 4) is 5.75 Å².